The Morgan fingerprint density at radius 2 is 1.03 bits per heavy atom. The minimum Gasteiger partial charge on any atom is -0.488 e. The van der Waals surface area contributed by atoms with Crippen molar-refractivity contribution in [1.82, 2.24) is 40.4 Å². The standard InChI is InChI=1S/C48H50Cl2F6N8O8/c1-43(2,47(51,52)53)33(59-41(67)69-5)39(65)63-19-45(7-8-45)15-25(63)37-57-31(35(49)61-37)21-11-23-17-72-28-14-22(12-24-18-71-27(13-21)29(23)30(24)28)32-36(50)62-38(58-32)26-16-46(9-10-46)20-64(26)40(66)34(60-42(68)70-6)44(3,4)48(54,55)56/h11-14,25-26,33-34H,7-10,15-20H2,1-6H3,(H,57,61)(H,58,62)(H,59,67)(H,60,68)/t25-,26-,33+,34+/m0/s1. The van der Waals surface area contributed by atoms with E-state index in [2.05, 4.69) is 40.0 Å². The molecule has 4 fully saturated rings. The number of ether oxygens (including phenoxy) is 4. The molecule has 2 aromatic carbocycles. The summed E-state index contributed by atoms with van der Waals surface area (Å²) in [6, 6.07) is 1.71. The van der Waals surface area contributed by atoms with E-state index < -0.39 is 71.4 Å². The van der Waals surface area contributed by atoms with Crippen LogP contribution in [0.25, 0.3) is 33.6 Å². The SMILES string of the molecule is COC(=O)N[C@H](C(=O)N1CC2(CC2)C[C@H]1c1nc(Cl)c(-c2cc3c4c(c2)OCc2cc(-c5[nH]c([C@@H]6CC7(CC7)CN6C(=O)[C@@H](NC(=O)OC)C(C)(C)C(F)(F)F)nc5Cl)cc(c2-4)OC3)[nH]1)C(C)(C)C(F)(F)F. The third kappa shape index (κ3) is 8.23. The molecule has 0 bridgehead atoms. The number of H-pyrrole nitrogens is 2. The predicted octanol–water partition coefficient (Wildman–Crippen LogP) is 9.96. The number of likely N-dealkylation sites (tertiary alicyclic amines) is 2. The maximum absolute atomic E-state index is 14.4. The van der Waals surface area contributed by atoms with Crippen molar-refractivity contribution in [3.05, 3.63) is 57.3 Å². The van der Waals surface area contributed by atoms with Gasteiger partial charge in [0.05, 0.1) is 48.5 Å². The number of hydrogen-bond donors (Lipinski definition) is 4. The molecule has 4 atom stereocenters. The highest BCUT2D eigenvalue weighted by Gasteiger charge is 2.62. The molecule has 72 heavy (non-hydrogen) atoms. The third-order valence-electron chi connectivity index (χ3n) is 15.7. The monoisotopic (exact) mass is 1050 g/mol. The van der Waals surface area contributed by atoms with Crippen LogP contribution in [0.1, 0.15) is 101 Å². The van der Waals surface area contributed by atoms with Gasteiger partial charge in [0.2, 0.25) is 11.8 Å². The molecule has 4 amide bonds. The zero-order valence-corrected chi connectivity index (χ0v) is 41.3. The van der Waals surface area contributed by atoms with Gasteiger partial charge in [0.25, 0.3) is 0 Å². The molecule has 2 aromatic heterocycles. The van der Waals surface area contributed by atoms with Gasteiger partial charge < -0.3 is 49.3 Å². The van der Waals surface area contributed by atoms with E-state index in [0.29, 0.717) is 46.9 Å². The number of halogens is 8. The number of carbonyl (C=O) groups is 4. The summed E-state index contributed by atoms with van der Waals surface area (Å²) in [6.07, 6.45) is -8.23. The van der Waals surface area contributed by atoms with E-state index >= 15 is 0 Å². The molecule has 2 saturated heterocycles. The molecule has 2 saturated carbocycles. The van der Waals surface area contributed by atoms with Crippen molar-refractivity contribution in [2.24, 2.45) is 21.7 Å². The summed E-state index contributed by atoms with van der Waals surface area (Å²) in [5.74, 6) is -0.313. The van der Waals surface area contributed by atoms with Gasteiger partial charge in [-0.1, -0.05) is 23.2 Å². The van der Waals surface area contributed by atoms with Gasteiger partial charge in [0.1, 0.15) is 48.4 Å². The van der Waals surface area contributed by atoms with Crippen LogP contribution in [0, 0.1) is 21.7 Å². The second-order valence-corrected chi connectivity index (χ2v) is 21.8. The van der Waals surface area contributed by atoms with Crippen LogP contribution in [0.2, 0.25) is 10.3 Å². The van der Waals surface area contributed by atoms with Crippen LogP contribution >= 0.6 is 23.2 Å². The minimum absolute atomic E-state index is 0.0513. The lowest BCUT2D eigenvalue weighted by Gasteiger charge is -2.38. The number of nitrogens with zero attached hydrogens (tertiary/aromatic N) is 4. The predicted molar refractivity (Wildman–Crippen MR) is 246 cm³/mol. The Morgan fingerprint density at radius 3 is 1.35 bits per heavy atom. The van der Waals surface area contributed by atoms with Crippen molar-refractivity contribution in [1.29, 1.82) is 0 Å². The quantitative estimate of drug-likeness (QED) is 0.111. The third-order valence-corrected chi connectivity index (χ3v) is 16.3. The second-order valence-electron chi connectivity index (χ2n) is 21.1. The lowest BCUT2D eigenvalue weighted by molar-refractivity contribution is -0.222. The number of carbonyl (C=O) groups excluding carboxylic acids is 4. The van der Waals surface area contributed by atoms with E-state index in [1.807, 2.05) is 12.1 Å². The van der Waals surface area contributed by atoms with Gasteiger partial charge in [-0.2, -0.15) is 26.3 Å². The molecule has 6 aliphatic rings. The number of imidazole rings is 2. The van der Waals surface area contributed by atoms with Crippen molar-refractivity contribution >= 4 is 47.2 Å². The Hall–Kier alpha value is -5.90. The van der Waals surface area contributed by atoms with Crippen LogP contribution in [0.5, 0.6) is 11.5 Å². The van der Waals surface area contributed by atoms with Gasteiger partial charge in [0, 0.05) is 46.5 Å². The van der Waals surface area contributed by atoms with Gasteiger partial charge in [-0.25, -0.2) is 19.6 Å². The summed E-state index contributed by atoms with van der Waals surface area (Å²) in [5.41, 5.74) is -1.05. The Morgan fingerprint density at radius 1 is 0.667 bits per heavy atom. The molecule has 386 valence electrons. The summed E-state index contributed by atoms with van der Waals surface area (Å²) >= 11 is 13.7. The van der Waals surface area contributed by atoms with Gasteiger partial charge in [-0.3, -0.25) is 9.59 Å². The van der Waals surface area contributed by atoms with Crippen LogP contribution in [0.4, 0.5) is 35.9 Å². The van der Waals surface area contributed by atoms with Crippen LogP contribution in [-0.4, -0.2) is 105 Å². The first-order valence-electron chi connectivity index (χ1n) is 23.3. The Labute approximate surface area is 418 Å². The molecule has 0 radical (unpaired) electrons. The first-order valence-corrected chi connectivity index (χ1v) is 24.0. The smallest absolute Gasteiger partial charge is 0.407 e. The van der Waals surface area contributed by atoms with E-state index in [4.69, 9.17) is 32.7 Å². The summed E-state index contributed by atoms with van der Waals surface area (Å²) < 4.78 is 108. The fourth-order valence-electron chi connectivity index (χ4n) is 10.7. The Kier molecular flexibility index (Phi) is 11.6. The number of aromatic amines is 2. The maximum Gasteiger partial charge on any atom is 0.407 e. The van der Waals surface area contributed by atoms with Crippen molar-refractivity contribution in [2.45, 2.75) is 116 Å². The summed E-state index contributed by atoms with van der Waals surface area (Å²) in [6.45, 7) is 3.91. The van der Waals surface area contributed by atoms with Crippen molar-refractivity contribution in [3.8, 4) is 45.1 Å². The number of methoxy groups -OCH3 is 2. The lowest BCUT2D eigenvalue weighted by atomic mass is 9.82. The molecule has 4 N–H and O–H groups in total. The van der Waals surface area contributed by atoms with Gasteiger partial charge in [0.15, 0.2) is 10.3 Å². The number of amides is 4. The van der Waals surface area contributed by atoms with Gasteiger partial charge >= 0.3 is 24.5 Å². The first kappa shape index (κ1) is 49.7. The molecule has 6 heterocycles. The molecule has 16 nitrogen and oxygen atoms in total. The summed E-state index contributed by atoms with van der Waals surface area (Å²) in [5, 5.41) is 4.38. The van der Waals surface area contributed by atoms with E-state index in [-0.39, 0.29) is 59.1 Å². The molecule has 2 aliphatic carbocycles. The second kappa shape index (κ2) is 16.8. The van der Waals surface area contributed by atoms with E-state index in [1.54, 1.807) is 12.1 Å². The Bertz CT molecular complexity index is 2680. The van der Waals surface area contributed by atoms with Crippen LogP contribution in [0.3, 0.4) is 0 Å². The molecule has 24 heteroatoms. The normalized spacial score (nSPS) is 21.1. The zero-order chi connectivity index (χ0) is 51.8. The number of hydrogen-bond acceptors (Lipinski definition) is 10. The first-order chi connectivity index (χ1) is 33.7. The van der Waals surface area contributed by atoms with Crippen LogP contribution in [0.15, 0.2) is 24.3 Å². The highest BCUT2D eigenvalue weighted by Crippen LogP contribution is 2.61. The average Bonchev–Trinajstić information content (AvgIpc) is 4.02. The summed E-state index contributed by atoms with van der Waals surface area (Å²) in [7, 11) is 2.00. The average molecular weight is 1050 g/mol. The number of benzene rings is 2. The van der Waals surface area contributed by atoms with Crippen LogP contribution < -0.4 is 20.1 Å². The van der Waals surface area contributed by atoms with Crippen molar-refractivity contribution < 1.29 is 64.5 Å². The Balaban J connectivity index is 0.931. The van der Waals surface area contributed by atoms with Crippen LogP contribution in [-0.2, 0) is 32.3 Å². The van der Waals surface area contributed by atoms with Gasteiger partial charge in [-0.05, 0) is 101 Å². The lowest BCUT2D eigenvalue weighted by Crippen LogP contribution is -2.60. The number of alkyl carbamates (subject to hydrolysis) is 2. The molecular formula is C48H50Cl2F6N8O8. The molecule has 0 unspecified atom stereocenters. The topological polar surface area (TPSA) is 193 Å². The van der Waals surface area contributed by atoms with Gasteiger partial charge in [-0.15, -0.1) is 0 Å². The molecule has 4 aromatic rings. The fraction of sp³-hybridized carbons (Fsp3) is 0.542. The molecule has 2 spiro atoms. The highest BCUT2D eigenvalue weighted by atomic mass is 35.5. The largest absolute Gasteiger partial charge is 0.488 e. The number of alkyl halides is 6. The maximum atomic E-state index is 14.4. The van der Waals surface area contributed by atoms with E-state index in [1.165, 1.54) is 9.80 Å². The number of nitrogens with one attached hydrogen (secondary N) is 4. The number of aromatic nitrogens is 4. The molecule has 10 rings (SSSR count). The fourth-order valence-corrected chi connectivity index (χ4v) is 11.2. The van der Waals surface area contributed by atoms with Crippen molar-refractivity contribution in [3.63, 3.8) is 0 Å². The zero-order valence-electron chi connectivity index (χ0n) is 39.8. The summed E-state index contributed by atoms with van der Waals surface area (Å²) in [4.78, 5) is 71.5. The molecular weight excluding hydrogens is 1000 g/mol. The van der Waals surface area contributed by atoms with Crippen molar-refractivity contribution in [2.75, 3.05) is 27.3 Å². The van der Waals surface area contributed by atoms with E-state index in [9.17, 15) is 45.5 Å². The highest BCUT2D eigenvalue weighted by molar-refractivity contribution is 6.32. The molecule has 4 aliphatic heterocycles. The minimum atomic E-state index is -4.87. The number of rotatable bonds is 10. The van der Waals surface area contributed by atoms with E-state index in [0.717, 1.165) is 89.9 Å².